The van der Waals surface area contributed by atoms with E-state index in [-0.39, 0.29) is 43.4 Å². The lowest BCUT2D eigenvalue weighted by molar-refractivity contribution is -0.169. The zero-order valence-corrected chi connectivity index (χ0v) is 11.3. The minimum atomic E-state index is -1.12. The van der Waals surface area contributed by atoms with Gasteiger partial charge in [-0.25, -0.2) is 0 Å². The molecule has 19 heavy (non-hydrogen) atoms. The highest BCUT2D eigenvalue weighted by Gasteiger charge is 2.60. The molecule has 5 nitrogen and oxygen atoms in total. The minimum absolute atomic E-state index is 0.0308. The van der Waals surface area contributed by atoms with Crippen LogP contribution in [0.3, 0.4) is 0 Å². The van der Waals surface area contributed by atoms with E-state index in [1.807, 2.05) is 6.92 Å². The first-order chi connectivity index (χ1) is 8.87. The number of aliphatic hydroxyl groups excluding tert-OH is 1. The number of aldehydes is 1. The van der Waals surface area contributed by atoms with E-state index in [1.165, 1.54) is 6.92 Å². The van der Waals surface area contributed by atoms with Crippen LogP contribution in [0, 0.1) is 11.3 Å². The number of carbonyl (C=O) groups excluding carboxylic acids is 3. The molecule has 0 aromatic rings. The Labute approximate surface area is 112 Å². The van der Waals surface area contributed by atoms with E-state index in [1.54, 1.807) is 0 Å². The van der Waals surface area contributed by atoms with Crippen LogP contribution in [0.15, 0.2) is 0 Å². The van der Waals surface area contributed by atoms with Gasteiger partial charge in [0, 0.05) is 18.9 Å². The smallest absolute Gasteiger partial charge is 0.174 e. The van der Waals surface area contributed by atoms with Crippen LogP contribution < -0.4 is 0 Å². The SMILES string of the molecule is CC(=O)CC[C@]1(C=O)C[C@]2(C)O[C@@H](C[C@@H]2CO)C1=O. The summed E-state index contributed by atoms with van der Waals surface area (Å²) in [6.07, 6.45) is 1.26. The third-order valence-corrected chi connectivity index (χ3v) is 4.59. The molecule has 0 amide bonds. The molecule has 2 bridgehead atoms. The standard InChI is InChI=1S/C14H20O5/c1-9(17)3-4-14(8-16)7-13(2)10(6-15)5-11(19-13)12(14)18/h8,10-11,15H,3-7H2,1-2H3/t10-,11+,13+,14-/m1/s1. The Hall–Kier alpha value is -1.07. The summed E-state index contributed by atoms with van der Waals surface area (Å²) in [6.45, 7) is 3.24. The molecule has 106 valence electrons. The predicted molar refractivity (Wildman–Crippen MR) is 66.5 cm³/mol. The molecule has 2 aliphatic rings. The minimum Gasteiger partial charge on any atom is -0.396 e. The molecule has 0 aromatic carbocycles. The van der Waals surface area contributed by atoms with Gasteiger partial charge in [-0.15, -0.1) is 0 Å². The maximum Gasteiger partial charge on any atom is 0.174 e. The first kappa shape index (κ1) is 14.3. The average molecular weight is 268 g/mol. The van der Waals surface area contributed by atoms with E-state index >= 15 is 0 Å². The zero-order valence-electron chi connectivity index (χ0n) is 11.3. The Morgan fingerprint density at radius 3 is 2.79 bits per heavy atom. The van der Waals surface area contributed by atoms with Crippen molar-refractivity contribution >= 4 is 17.9 Å². The van der Waals surface area contributed by atoms with Crippen molar-refractivity contribution in [3.8, 4) is 0 Å². The van der Waals surface area contributed by atoms with Crippen LogP contribution >= 0.6 is 0 Å². The lowest BCUT2D eigenvalue weighted by Crippen LogP contribution is -2.52. The highest BCUT2D eigenvalue weighted by molar-refractivity contribution is 6.02. The Kier molecular flexibility index (Phi) is 3.62. The van der Waals surface area contributed by atoms with Gasteiger partial charge in [-0.2, -0.15) is 0 Å². The molecule has 4 atom stereocenters. The summed E-state index contributed by atoms with van der Waals surface area (Å²) in [5.41, 5.74) is -1.77. The monoisotopic (exact) mass is 268 g/mol. The van der Waals surface area contributed by atoms with E-state index < -0.39 is 17.1 Å². The number of hydrogen-bond acceptors (Lipinski definition) is 5. The molecule has 0 unspecified atom stereocenters. The lowest BCUT2D eigenvalue weighted by atomic mass is 9.70. The Morgan fingerprint density at radius 1 is 1.58 bits per heavy atom. The van der Waals surface area contributed by atoms with E-state index in [0.717, 1.165) is 0 Å². The second kappa shape index (κ2) is 4.80. The van der Waals surface area contributed by atoms with Gasteiger partial charge in [0.1, 0.15) is 18.2 Å². The molecule has 5 heteroatoms. The molecular weight excluding hydrogens is 248 g/mol. The predicted octanol–water partition coefficient (Wildman–Crippen LogP) is 0.670. The normalized spacial score (nSPS) is 41.3. The second-order valence-electron chi connectivity index (χ2n) is 6.05. The molecule has 2 rings (SSSR count). The molecule has 2 fully saturated rings. The van der Waals surface area contributed by atoms with E-state index in [0.29, 0.717) is 12.7 Å². The molecule has 0 aromatic heterocycles. The number of carbonyl (C=O) groups is 3. The summed E-state index contributed by atoms with van der Waals surface area (Å²) in [6, 6.07) is 0. The lowest BCUT2D eigenvalue weighted by Gasteiger charge is -2.41. The molecular formula is C14H20O5. The van der Waals surface area contributed by atoms with Crippen molar-refractivity contribution in [3.63, 3.8) is 0 Å². The zero-order chi connectivity index (χ0) is 14.3. The summed E-state index contributed by atoms with van der Waals surface area (Å²) in [4.78, 5) is 35.0. The summed E-state index contributed by atoms with van der Waals surface area (Å²) in [5.74, 6) is -0.380. The number of fused-ring (bicyclic) bond motifs is 2. The van der Waals surface area contributed by atoms with Gasteiger partial charge < -0.3 is 19.4 Å². The van der Waals surface area contributed by atoms with Crippen molar-refractivity contribution in [1.29, 1.82) is 0 Å². The first-order valence-electron chi connectivity index (χ1n) is 6.65. The van der Waals surface area contributed by atoms with Crippen LogP contribution in [0.2, 0.25) is 0 Å². The van der Waals surface area contributed by atoms with Crippen LogP contribution in [-0.2, 0) is 19.1 Å². The van der Waals surface area contributed by atoms with Gasteiger partial charge in [0.05, 0.1) is 11.0 Å². The van der Waals surface area contributed by atoms with Gasteiger partial charge in [-0.05, 0) is 33.1 Å². The average Bonchev–Trinajstić information content (AvgIpc) is 2.66. The molecule has 0 saturated carbocycles. The fourth-order valence-corrected chi connectivity index (χ4v) is 3.39. The number of rotatable bonds is 5. The summed E-state index contributed by atoms with van der Waals surface area (Å²) in [7, 11) is 0. The topological polar surface area (TPSA) is 80.7 Å². The second-order valence-corrected chi connectivity index (χ2v) is 6.05. The van der Waals surface area contributed by atoms with Crippen LogP contribution in [0.4, 0.5) is 0 Å². The van der Waals surface area contributed by atoms with E-state index in [2.05, 4.69) is 0 Å². The van der Waals surface area contributed by atoms with Crippen molar-refractivity contribution in [1.82, 2.24) is 0 Å². The summed E-state index contributed by atoms with van der Waals surface area (Å²) < 4.78 is 5.71. The Bertz CT molecular complexity index is 418. The fourth-order valence-electron chi connectivity index (χ4n) is 3.39. The van der Waals surface area contributed by atoms with Gasteiger partial charge in [-0.1, -0.05) is 0 Å². The van der Waals surface area contributed by atoms with Crippen molar-refractivity contribution < 1.29 is 24.2 Å². The van der Waals surface area contributed by atoms with Gasteiger partial charge in [0.25, 0.3) is 0 Å². The maximum absolute atomic E-state index is 12.4. The third-order valence-electron chi connectivity index (χ3n) is 4.59. The van der Waals surface area contributed by atoms with E-state index in [4.69, 9.17) is 4.74 Å². The van der Waals surface area contributed by atoms with Gasteiger partial charge in [0.2, 0.25) is 0 Å². The van der Waals surface area contributed by atoms with Gasteiger partial charge in [-0.3, -0.25) is 4.79 Å². The molecule has 0 spiro atoms. The maximum atomic E-state index is 12.4. The van der Waals surface area contributed by atoms with E-state index in [9.17, 15) is 19.5 Å². The largest absolute Gasteiger partial charge is 0.396 e. The van der Waals surface area contributed by atoms with Crippen LogP contribution in [0.25, 0.3) is 0 Å². The molecule has 1 N–H and O–H groups in total. The first-order valence-corrected chi connectivity index (χ1v) is 6.65. The molecule has 2 aliphatic heterocycles. The van der Waals surface area contributed by atoms with Gasteiger partial charge in [0.15, 0.2) is 5.78 Å². The number of ether oxygens (including phenoxy) is 1. The number of aliphatic hydroxyl groups is 1. The fraction of sp³-hybridized carbons (Fsp3) is 0.786. The van der Waals surface area contributed by atoms with Crippen molar-refractivity contribution in [3.05, 3.63) is 0 Å². The quantitative estimate of drug-likeness (QED) is 0.585. The molecule has 0 radical (unpaired) electrons. The number of Topliss-reactive ketones (excluding diaryl/α,β-unsaturated/α-hetero) is 2. The highest BCUT2D eigenvalue weighted by atomic mass is 16.5. The Balaban J connectivity index is 2.28. The van der Waals surface area contributed by atoms with Crippen LogP contribution in [0.1, 0.15) is 39.5 Å². The summed E-state index contributed by atoms with van der Waals surface area (Å²) >= 11 is 0. The van der Waals surface area contributed by atoms with Crippen molar-refractivity contribution in [2.45, 2.75) is 51.2 Å². The Morgan fingerprint density at radius 2 is 2.26 bits per heavy atom. The molecule has 0 aliphatic carbocycles. The van der Waals surface area contributed by atoms with Crippen molar-refractivity contribution in [2.75, 3.05) is 6.61 Å². The molecule has 2 heterocycles. The van der Waals surface area contributed by atoms with Crippen molar-refractivity contribution in [2.24, 2.45) is 11.3 Å². The number of hydrogen-bond donors (Lipinski definition) is 1. The van der Waals surface area contributed by atoms with Gasteiger partial charge >= 0.3 is 0 Å². The van der Waals surface area contributed by atoms with Crippen LogP contribution in [-0.4, -0.2) is 41.3 Å². The third kappa shape index (κ3) is 2.25. The van der Waals surface area contributed by atoms with Crippen LogP contribution in [0.5, 0.6) is 0 Å². The number of ketones is 2. The highest BCUT2D eigenvalue weighted by Crippen LogP contribution is 2.51. The summed E-state index contributed by atoms with van der Waals surface area (Å²) in [5, 5.41) is 9.39. The molecule has 2 saturated heterocycles.